The van der Waals surface area contributed by atoms with Gasteiger partial charge in [0.25, 0.3) is 5.91 Å². The molecule has 8 nitrogen and oxygen atoms in total. The fraction of sp³-hybridized carbons (Fsp3) is 0.341. The Morgan fingerprint density at radius 1 is 0.820 bits per heavy atom. The highest BCUT2D eigenvalue weighted by Gasteiger charge is 2.36. The molecule has 0 aliphatic heterocycles. The van der Waals surface area contributed by atoms with E-state index in [4.69, 9.17) is 5.73 Å². The van der Waals surface area contributed by atoms with Crippen LogP contribution in [0.2, 0.25) is 0 Å². The number of carbonyl (C=O) groups is 3. The van der Waals surface area contributed by atoms with Crippen molar-refractivity contribution in [2.24, 2.45) is 11.1 Å². The van der Waals surface area contributed by atoms with Crippen molar-refractivity contribution in [2.75, 3.05) is 27.2 Å². The Labute approximate surface area is 295 Å². The van der Waals surface area contributed by atoms with E-state index in [2.05, 4.69) is 5.32 Å². The zero-order valence-corrected chi connectivity index (χ0v) is 29.6. The van der Waals surface area contributed by atoms with Crippen LogP contribution in [0.25, 0.3) is 11.1 Å². The molecule has 0 bridgehead atoms. The molecule has 4 aromatic rings. The first-order valence-corrected chi connectivity index (χ1v) is 17.0. The van der Waals surface area contributed by atoms with Crippen LogP contribution in [0, 0.1) is 11.2 Å². The standard InChI is InChI=1S/C41H49FN4O4/c1-6-41(3,27-47)26-44-38(48)36(23-30-17-21-35(42)22-18-30)45(4)40(50)37(46(5)39(49)34-14-10-13-33(25-34)28(2)43)24-29-15-19-32(20-16-29)31-11-8-7-9-12-31/h7-22,25,28,36-37,47H,6,23-24,26-27,43H2,1-5H3,(H,44,48)/t28?,36-,37-,41?/m1/s1. The summed E-state index contributed by atoms with van der Waals surface area (Å²) < 4.78 is 13.8. The van der Waals surface area contributed by atoms with Gasteiger partial charge < -0.3 is 26.0 Å². The van der Waals surface area contributed by atoms with Gasteiger partial charge in [0, 0.05) is 50.5 Å². The molecule has 0 spiro atoms. The van der Waals surface area contributed by atoms with E-state index < -0.39 is 35.1 Å². The second-order valence-electron chi connectivity index (χ2n) is 13.4. The second kappa shape index (κ2) is 17.2. The van der Waals surface area contributed by atoms with Crippen molar-refractivity contribution in [3.63, 3.8) is 0 Å². The number of nitrogens with two attached hydrogens (primary N) is 1. The topological polar surface area (TPSA) is 116 Å². The van der Waals surface area contributed by atoms with Crippen LogP contribution in [0.15, 0.2) is 103 Å². The maximum Gasteiger partial charge on any atom is 0.254 e. The summed E-state index contributed by atoms with van der Waals surface area (Å²) in [7, 11) is 3.15. The summed E-state index contributed by atoms with van der Waals surface area (Å²) in [6, 6.07) is 28.4. The first kappa shape index (κ1) is 38.0. The van der Waals surface area contributed by atoms with Gasteiger partial charge in [0.15, 0.2) is 0 Å². The van der Waals surface area contributed by atoms with E-state index in [0.29, 0.717) is 17.5 Å². The second-order valence-corrected chi connectivity index (χ2v) is 13.4. The third-order valence-corrected chi connectivity index (χ3v) is 9.61. The molecule has 9 heteroatoms. The first-order chi connectivity index (χ1) is 23.9. The van der Waals surface area contributed by atoms with Gasteiger partial charge in [0.1, 0.15) is 17.9 Å². The van der Waals surface area contributed by atoms with Crippen molar-refractivity contribution in [2.45, 2.75) is 58.2 Å². The zero-order chi connectivity index (χ0) is 36.4. The van der Waals surface area contributed by atoms with Crippen LogP contribution >= 0.6 is 0 Å². The lowest BCUT2D eigenvalue weighted by Gasteiger charge is -2.35. The SMILES string of the molecule is CCC(C)(CO)CNC(=O)[C@@H](Cc1ccc(F)cc1)N(C)C(=O)[C@@H](Cc1ccc(-c2ccccc2)cc1)N(C)C(=O)c1cccc(C(C)N)c1. The number of benzene rings is 4. The van der Waals surface area contributed by atoms with Gasteiger partial charge in [0.05, 0.1) is 6.61 Å². The van der Waals surface area contributed by atoms with Crippen LogP contribution in [0.5, 0.6) is 0 Å². The molecule has 0 fully saturated rings. The molecule has 0 aliphatic carbocycles. The lowest BCUT2D eigenvalue weighted by atomic mass is 9.88. The lowest BCUT2D eigenvalue weighted by Crippen LogP contribution is -2.56. The van der Waals surface area contributed by atoms with Crippen LogP contribution < -0.4 is 11.1 Å². The third kappa shape index (κ3) is 9.64. The Balaban J connectivity index is 1.69. The van der Waals surface area contributed by atoms with Crippen LogP contribution in [-0.2, 0) is 22.4 Å². The molecular formula is C41H49FN4O4. The van der Waals surface area contributed by atoms with E-state index in [1.54, 1.807) is 44.4 Å². The van der Waals surface area contributed by atoms with Gasteiger partial charge >= 0.3 is 0 Å². The minimum absolute atomic E-state index is 0.114. The highest BCUT2D eigenvalue weighted by Crippen LogP contribution is 2.23. The maximum absolute atomic E-state index is 14.6. The van der Waals surface area contributed by atoms with Crippen molar-refractivity contribution < 1.29 is 23.9 Å². The average Bonchev–Trinajstić information content (AvgIpc) is 3.15. The molecule has 0 aliphatic rings. The molecule has 0 saturated heterocycles. The molecule has 4 atom stereocenters. The number of nitrogens with zero attached hydrogens (tertiary/aromatic N) is 2. The molecule has 4 aromatic carbocycles. The summed E-state index contributed by atoms with van der Waals surface area (Å²) in [4.78, 5) is 45.3. The highest BCUT2D eigenvalue weighted by molar-refractivity contribution is 5.98. The van der Waals surface area contributed by atoms with Crippen molar-refractivity contribution in [3.05, 3.63) is 131 Å². The molecule has 0 aromatic heterocycles. The van der Waals surface area contributed by atoms with Crippen molar-refractivity contribution >= 4 is 17.7 Å². The summed E-state index contributed by atoms with van der Waals surface area (Å²) in [6.45, 7) is 5.72. The number of aliphatic hydroxyl groups excluding tert-OH is 1. The van der Waals surface area contributed by atoms with Gasteiger partial charge in [-0.15, -0.1) is 0 Å². The van der Waals surface area contributed by atoms with Gasteiger partial charge in [-0.05, 0) is 65.4 Å². The van der Waals surface area contributed by atoms with E-state index >= 15 is 0 Å². The predicted octanol–water partition coefficient (Wildman–Crippen LogP) is 5.79. The summed E-state index contributed by atoms with van der Waals surface area (Å²) in [6.07, 6.45) is 0.934. The van der Waals surface area contributed by atoms with E-state index in [1.807, 2.05) is 81.4 Å². The van der Waals surface area contributed by atoms with Crippen molar-refractivity contribution in [1.29, 1.82) is 0 Å². The van der Waals surface area contributed by atoms with Gasteiger partial charge in [-0.2, -0.15) is 0 Å². The quantitative estimate of drug-likeness (QED) is 0.147. The number of halogens is 1. The maximum atomic E-state index is 14.6. The first-order valence-electron chi connectivity index (χ1n) is 17.0. The molecule has 0 heterocycles. The normalized spacial score (nSPS) is 14.2. The number of amides is 3. The van der Waals surface area contributed by atoms with Crippen LogP contribution in [-0.4, -0.2) is 72.0 Å². The number of nitrogens with one attached hydrogen (secondary N) is 1. The molecule has 50 heavy (non-hydrogen) atoms. The largest absolute Gasteiger partial charge is 0.396 e. The van der Waals surface area contributed by atoms with E-state index in [1.165, 1.54) is 21.9 Å². The molecule has 2 unspecified atom stereocenters. The number of aliphatic hydroxyl groups is 1. The van der Waals surface area contributed by atoms with Gasteiger partial charge in [-0.3, -0.25) is 14.4 Å². The van der Waals surface area contributed by atoms with Gasteiger partial charge in [-0.25, -0.2) is 4.39 Å². The number of hydrogen-bond acceptors (Lipinski definition) is 5. The predicted molar refractivity (Wildman–Crippen MR) is 196 cm³/mol. The fourth-order valence-electron chi connectivity index (χ4n) is 5.73. The summed E-state index contributed by atoms with van der Waals surface area (Å²) in [5.74, 6) is -1.62. The van der Waals surface area contributed by atoms with E-state index in [9.17, 15) is 23.9 Å². The Kier molecular flexibility index (Phi) is 13.0. The summed E-state index contributed by atoms with van der Waals surface area (Å²) in [5, 5.41) is 12.9. The van der Waals surface area contributed by atoms with Crippen molar-refractivity contribution in [3.8, 4) is 11.1 Å². The summed E-state index contributed by atoms with van der Waals surface area (Å²) >= 11 is 0. The Hall–Kier alpha value is -4.86. The zero-order valence-electron chi connectivity index (χ0n) is 29.6. The van der Waals surface area contributed by atoms with Crippen LogP contribution in [0.4, 0.5) is 4.39 Å². The molecule has 4 N–H and O–H groups in total. The number of rotatable bonds is 15. The minimum Gasteiger partial charge on any atom is -0.396 e. The Morgan fingerprint density at radius 2 is 1.40 bits per heavy atom. The van der Waals surface area contributed by atoms with Crippen molar-refractivity contribution in [1.82, 2.24) is 15.1 Å². The smallest absolute Gasteiger partial charge is 0.254 e. The summed E-state index contributed by atoms with van der Waals surface area (Å²) in [5.41, 5.74) is 10.3. The fourth-order valence-corrected chi connectivity index (χ4v) is 5.73. The average molecular weight is 681 g/mol. The molecule has 264 valence electrons. The van der Waals surface area contributed by atoms with Gasteiger partial charge in [-0.1, -0.05) is 92.7 Å². The van der Waals surface area contributed by atoms with E-state index in [0.717, 1.165) is 22.3 Å². The molecule has 3 amide bonds. The highest BCUT2D eigenvalue weighted by atomic mass is 19.1. The van der Waals surface area contributed by atoms with E-state index in [-0.39, 0.29) is 37.9 Å². The molecule has 0 radical (unpaired) electrons. The third-order valence-electron chi connectivity index (χ3n) is 9.61. The number of hydrogen-bond donors (Lipinski definition) is 3. The Bertz CT molecular complexity index is 1720. The molecule has 4 rings (SSSR count). The molecular weight excluding hydrogens is 631 g/mol. The number of carbonyl (C=O) groups excluding carboxylic acids is 3. The minimum atomic E-state index is -0.986. The lowest BCUT2D eigenvalue weighted by molar-refractivity contribution is -0.142. The van der Waals surface area contributed by atoms with Crippen LogP contribution in [0.1, 0.15) is 60.3 Å². The monoisotopic (exact) mass is 680 g/mol. The Morgan fingerprint density at radius 3 is 1.98 bits per heavy atom. The molecule has 0 saturated carbocycles. The van der Waals surface area contributed by atoms with Crippen LogP contribution in [0.3, 0.4) is 0 Å². The number of likely N-dealkylation sites (N-methyl/N-ethyl adjacent to an activating group) is 2. The van der Waals surface area contributed by atoms with Gasteiger partial charge in [0.2, 0.25) is 11.8 Å².